The summed E-state index contributed by atoms with van der Waals surface area (Å²) in [6.45, 7) is 2.88. The van der Waals surface area contributed by atoms with E-state index in [1.165, 1.54) is 7.11 Å². The summed E-state index contributed by atoms with van der Waals surface area (Å²) in [6.07, 6.45) is 1.51. The van der Waals surface area contributed by atoms with Gasteiger partial charge in [-0.2, -0.15) is 0 Å². The number of benzene rings is 1. The van der Waals surface area contributed by atoms with E-state index in [9.17, 15) is 14.4 Å². The number of carbonyl (C=O) groups is 3. The molecule has 2 unspecified atom stereocenters. The van der Waals surface area contributed by atoms with Gasteiger partial charge in [0.1, 0.15) is 11.9 Å². The zero-order valence-corrected chi connectivity index (χ0v) is 17.8. The lowest BCUT2D eigenvalue weighted by Gasteiger charge is -2.36. The maximum atomic E-state index is 13.0. The van der Waals surface area contributed by atoms with Crippen LogP contribution in [0.15, 0.2) is 18.2 Å². The summed E-state index contributed by atoms with van der Waals surface area (Å²) in [7, 11) is 1.54. The molecule has 3 fully saturated rings. The van der Waals surface area contributed by atoms with Crippen molar-refractivity contribution in [3.8, 4) is 5.75 Å². The maximum Gasteiger partial charge on any atom is 0.251 e. The Bertz CT molecular complexity index is 834. The Kier molecular flexibility index (Phi) is 6.15. The third-order valence-electron chi connectivity index (χ3n) is 6.01. The minimum absolute atomic E-state index is 0.0230. The number of carbonyl (C=O) groups excluding carboxylic acids is 3. The van der Waals surface area contributed by atoms with Gasteiger partial charge in [-0.15, -0.1) is 0 Å². The third-order valence-corrected chi connectivity index (χ3v) is 6.25. The van der Waals surface area contributed by atoms with Gasteiger partial charge >= 0.3 is 0 Å². The highest BCUT2D eigenvalue weighted by Crippen LogP contribution is 2.35. The Labute approximate surface area is 180 Å². The van der Waals surface area contributed by atoms with Gasteiger partial charge in [0.2, 0.25) is 11.8 Å². The second-order valence-corrected chi connectivity index (χ2v) is 8.31. The molecule has 2 atom stereocenters. The molecule has 0 aromatic heterocycles. The monoisotopic (exact) mass is 435 g/mol. The van der Waals surface area contributed by atoms with Crippen LogP contribution in [-0.4, -0.2) is 80.1 Å². The fourth-order valence-corrected chi connectivity index (χ4v) is 4.53. The van der Waals surface area contributed by atoms with Gasteiger partial charge in [-0.05, 0) is 31.0 Å². The third kappa shape index (κ3) is 4.11. The van der Waals surface area contributed by atoms with Crippen LogP contribution >= 0.6 is 11.6 Å². The molecule has 1 aromatic rings. The number of methoxy groups -OCH3 is 1. The lowest BCUT2D eigenvalue weighted by Crippen LogP contribution is -2.54. The van der Waals surface area contributed by atoms with Crippen LogP contribution in [0.25, 0.3) is 0 Å². The van der Waals surface area contributed by atoms with Crippen LogP contribution in [0.1, 0.15) is 19.3 Å². The van der Waals surface area contributed by atoms with E-state index in [-0.39, 0.29) is 30.2 Å². The van der Waals surface area contributed by atoms with Crippen molar-refractivity contribution in [2.24, 2.45) is 5.92 Å². The SMILES string of the molecule is COc1ccc(Cl)cc1N1CC(C(=O)N2CCN(C(=O)C3CCCO3)CC2)CC1=O. The molecule has 0 bridgehead atoms. The molecule has 9 heteroatoms. The summed E-state index contributed by atoms with van der Waals surface area (Å²) in [5.74, 6) is -0.0178. The number of rotatable bonds is 4. The van der Waals surface area contributed by atoms with E-state index in [4.69, 9.17) is 21.1 Å². The van der Waals surface area contributed by atoms with E-state index in [1.54, 1.807) is 32.9 Å². The molecule has 1 aromatic carbocycles. The van der Waals surface area contributed by atoms with Crippen molar-refractivity contribution in [1.82, 2.24) is 9.80 Å². The summed E-state index contributed by atoms with van der Waals surface area (Å²) in [5, 5.41) is 0.500. The zero-order chi connectivity index (χ0) is 21.3. The first-order valence-corrected chi connectivity index (χ1v) is 10.7. The lowest BCUT2D eigenvalue weighted by molar-refractivity contribution is -0.147. The summed E-state index contributed by atoms with van der Waals surface area (Å²) in [5.41, 5.74) is 0.581. The van der Waals surface area contributed by atoms with Crippen molar-refractivity contribution < 1.29 is 23.9 Å². The number of ether oxygens (including phenoxy) is 2. The number of amides is 3. The van der Waals surface area contributed by atoms with Crippen LogP contribution in [0, 0.1) is 5.92 Å². The van der Waals surface area contributed by atoms with Crippen molar-refractivity contribution in [3.05, 3.63) is 23.2 Å². The molecule has 30 heavy (non-hydrogen) atoms. The van der Waals surface area contributed by atoms with Crippen molar-refractivity contribution in [1.29, 1.82) is 0 Å². The highest BCUT2D eigenvalue weighted by Gasteiger charge is 2.39. The minimum Gasteiger partial charge on any atom is -0.495 e. The van der Waals surface area contributed by atoms with E-state index in [1.807, 2.05) is 0 Å². The second kappa shape index (κ2) is 8.81. The summed E-state index contributed by atoms with van der Waals surface area (Å²) in [6, 6.07) is 5.09. The van der Waals surface area contributed by atoms with Crippen LogP contribution in [0.5, 0.6) is 5.75 Å². The van der Waals surface area contributed by atoms with Crippen molar-refractivity contribution in [2.75, 3.05) is 51.3 Å². The Morgan fingerprint density at radius 3 is 2.47 bits per heavy atom. The first kappa shape index (κ1) is 20.9. The average molecular weight is 436 g/mol. The molecule has 0 spiro atoms. The number of nitrogens with zero attached hydrogens (tertiary/aromatic N) is 3. The molecule has 3 saturated heterocycles. The summed E-state index contributed by atoms with van der Waals surface area (Å²) in [4.78, 5) is 43.3. The number of hydrogen-bond donors (Lipinski definition) is 0. The zero-order valence-electron chi connectivity index (χ0n) is 17.0. The van der Waals surface area contributed by atoms with Gasteiger partial charge in [-0.3, -0.25) is 14.4 Å². The molecule has 0 radical (unpaired) electrons. The normalized spacial score (nSPS) is 24.5. The Morgan fingerprint density at radius 2 is 1.83 bits per heavy atom. The highest BCUT2D eigenvalue weighted by molar-refractivity contribution is 6.31. The van der Waals surface area contributed by atoms with Crippen molar-refractivity contribution in [3.63, 3.8) is 0 Å². The molecule has 0 saturated carbocycles. The molecule has 4 rings (SSSR count). The first-order chi connectivity index (χ1) is 14.5. The molecule has 0 N–H and O–H groups in total. The number of halogens is 1. The molecule has 8 nitrogen and oxygen atoms in total. The average Bonchev–Trinajstić information content (AvgIpc) is 3.43. The number of piperazine rings is 1. The Hall–Kier alpha value is -2.32. The lowest BCUT2D eigenvalue weighted by atomic mass is 10.1. The summed E-state index contributed by atoms with van der Waals surface area (Å²) >= 11 is 6.10. The van der Waals surface area contributed by atoms with Gasteiger partial charge in [-0.25, -0.2) is 0 Å². The maximum absolute atomic E-state index is 13.0. The minimum atomic E-state index is -0.415. The molecule has 0 aliphatic carbocycles. The predicted molar refractivity (Wildman–Crippen MR) is 111 cm³/mol. The fraction of sp³-hybridized carbons (Fsp3) is 0.571. The molecule has 3 aliphatic heterocycles. The van der Waals surface area contributed by atoms with Gasteiger partial charge < -0.3 is 24.2 Å². The van der Waals surface area contributed by atoms with Crippen LogP contribution in [0.2, 0.25) is 5.02 Å². The van der Waals surface area contributed by atoms with Gasteiger partial charge in [0, 0.05) is 50.8 Å². The topological polar surface area (TPSA) is 79.4 Å². The first-order valence-electron chi connectivity index (χ1n) is 10.3. The van der Waals surface area contributed by atoms with Gasteiger partial charge in [-0.1, -0.05) is 11.6 Å². The van der Waals surface area contributed by atoms with Crippen molar-refractivity contribution in [2.45, 2.75) is 25.4 Å². The largest absolute Gasteiger partial charge is 0.495 e. The molecule has 3 aliphatic rings. The molecular weight excluding hydrogens is 410 g/mol. The van der Waals surface area contributed by atoms with Gasteiger partial charge in [0.15, 0.2) is 0 Å². The highest BCUT2D eigenvalue weighted by atomic mass is 35.5. The van der Waals surface area contributed by atoms with Gasteiger partial charge in [0.25, 0.3) is 5.91 Å². The van der Waals surface area contributed by atoms with E-state index < -0.39 is 5.92 Å². The van der Waals surface area contributed by atoms with Crippen LogP contribution < -0.4 is 9.64 Å². The second-order valence-electron chi connectivity index (χ2n) is 7.87. The summed E-state index contributed by atoms with van der Waals surface area (Å²) < 4.78 is 10.8. The van der Waals surface area contributed by atoms with E-state index >= 15 is 0 Å². The molecular formula is C21H26ClN3O5. The molecule has 162 valence electrons. The standard InChI is InChI=1S/C21H26ClN3O5/c1-29-17-5-4-15(22)12-16(17)25-13-14(11-19(25)26)20(27)23-6-8-24(9-7-23)21(28)18-3-2-10-30-18/h4-5,12,14,18H,2-3,6-11,13H2,1H3. The van der Waals surface area contributed by atoms with Crippen molar-refractivity contribution >= 4 is 35.0 Å². The Morgan fingerprint density at radius 1 is 1.13 bits per heavy atom. The fourth-order valence-electron chi connectivity index (χ4n) is 4.36. The number of anilines is 1. The molecule has 3 amide bonds. The Balaban J connectivity index is 1.36. The van der Waals surface area contributed by atoms with E-state index in [2.05, 4.69) is 0 Å². The molecule has 3 heterocycles. The van der Waals surface area contributed by atoms with Crippen LogP contribution in [0.3, 0.4) is 0 Å². The smallest absolute Gasteiger partial charge is 0.251 e. The quantitative estimate of drug-likeness (QED) is 0.717. The number of hydrogen-bond acceptors (Lipinski definition) is 5. The van der Waals surface area contributed by atoms with Crippen LogP contribution in [0.4, 0.5) is 5.69 Å². The van der Waals surface area contributed by atoms with E-state index in [0.717, 1.165) is 12.8 Å². The predicted octanol–water partition coefficient (Wildman–Crippen LogP) is 1.55. The van der Waals surface area contributed by atoms with Gasteiger partial charge in [0.05, 0.1) is 18.7 Å². The van der Waals surface area contributed by atoms with Crippen LogP contribution in [-0.2, 0) is 19.1 Å². The van der Waals surface area contributed by atoms with E-state index in [0.29, 0.717) is 55.8 Å².